The first-order valence-electron chi connectivity index (χ1n) is 8.33. The van der Waals surface area contributed by atoms with Crippen LogP contribution in [0.15, 0.2) is 36.4 Å². The maximum atomic E-state index is 13.2. The number of rotatable bonds is 2. The molecule has 120 valence electrons. The molecule has 23 heavy (non-hydrogen) atoms. The molecule has 2 unspecified atom stereocenters. The minimum atomic E-state index is -0.0665. The normalized spacial score (nSPS) is 26.7. The van der Waals surface area contributed by atoms with Gasteiger partial charge in [-0.1, -0.05) is 30.3 Å². The fourth-order valence-corrected chi connectivity index (χ4v) is 4.38. The van der Waals surface area contributed by atoms with Gasteiger partial charge >= 0.3 is 0 Å². The van der Waals surface area contributed by atoms with Crippen LogP contribution in [0.4, 0.5) is 0 Å². The van der Waals surface area contributed by atoms with Crippen molar-refractivity contribution in [3.63, 3.8) is 0 Å². The third-order valence-electron chi connectivity index (χ3n) is 5.44. The maximum Gasteiger partial charge on any atom is 0.258 e. The topological polar surface area (TPSA) is 60.8 Å². The first kappa shape index (κ1) is 14.5. The average molecular weight is 311 g/mol. The summed E-state index contributed by atoms with van der Waals surface area (Å²) >= 11 is 0. The third-order valence-corrected chi connectivity index (χ3v) is 5.44. The minimum absolute atomic E-state index is 0.0531. The van der Waals surface area contributed by atoms with Crippen molar-refractivity contribution >= 4 is 16.7 Å². The van der Waals surface area contributed by atoms with Gasteiger partial charge in [-0.2, -0.15) is 0 Å². The average Bonchev–Trinajstić information content (AvgIpc) is 2.84. The first-order chi connectivity index (χ1) is 11.2. The molecule has 4 nitrogen and oxygen atoms in total. The van der Waals surface area contributed by atoms with E-state index in [1.54, 1.807) is 6.07 Å². The molecule has 4 heteroatoms. The number of carbonyl (C=O) groups excluding carboxylic acids is 1. The van der Waals surface area contributed by atoms with Crippen molar-refractivity contribution in [1.29, 1.82) is 0 Å². The van der Waals surface area contributed by atoms with Crippen LogP contribution in [-0.2, 0) is 0 Å². The molecular weight excluding hydrogens is 290 g/mol. The van der Waals surface area contributed by atoms with Crippen molar-refractivity contribution in [2.24, 2.45) is 5.92 Å². The van der Waals surface area contributed by atoms with E-state index in [1.165, 1.54) is 0 Å². The Labute approximate surface area is 135 Å². The van der Waals surface area contributed by atoms with Gasteiger partial charge in [0.25, 0.3) is 5.91 Å². The summed E-state index contributed by atoms with van der Waals surface area (Å²) in [6.07, 6.45) is 3.73. The molecule has 2 fully saturated rings. The summed E-state index contributed by atoms with van der Waals surface area (Å²) in [4.78, 5) is 15.2. The zero-order chi connectivity index (χ0) is 16.0. The molecule has 2 aliphatic rings. The van der Waals surface area contributed by atoms with Crippen LogP contribution in [0.1, 0.15) is 36.0 Å². The number of aliphatic hydroxyl groups is 1. The van der Waals surface area contributed by atoms with E-state index in [0.29, 0.717) is 11.5 Å². The van der Waals surface area contributed by atoms with Crippen LogP contribution in [0.5, 0.6) is 5.75 Å². The minimum Gasteiger partial charge on any atom is -0.507 e. The van der Waals surface area contributed by atoms with Gasteiger partial charge < -0.3 is 15.1 Å². The second kappa shape index (κ2) is 5.53. The Balaban J connectivity index is 1.75. The van der Waals surface area contributed by atoms with E-state index in [0.717, 1.165) is 36.5 Å². The molecule has 2 atom stereocenters. The number of piperidine rings is 1. The van der Waals surface area contributed by atoms with Crippen molar-refractivity contribution in [2.45, 2.75) is 37.8 Å². The van der Waals surface area contributed by atoms with Gasteiger partial charge in [-0.05, 0) is 48.4 Å². The Kier molecular flexibility index (Phi) is 3.49. The number of hydrogen-bond acceptors (Lipinski definition) is 3. The summed E-state index contributed by atoms with van der Waals surface area (Å²) in [6.45, 7) is 0.203. The highest BCUT2D eigenvalue weighted by molar-refractivity contribution is 6.09. The zero-order valence-corrected chi connectivity index (χ0v) is 13.0. The summed E-state index contributed by atoms with van der Waals surface area (Å²) in [5.74, 6) is 0.290. The highest BCUT2D eigenvalue weighted by atomic mass is 16.3. The second-order valence-corrected chi connectivity index (χ2v) is 6.80. The van der Waals surface area contributed by atoms with Crippen LogP contribution in [0.3, 0.4) is 0 Å². The molecule has 2 aliphatic heterocycles. The van der Waals surface area contributed by atoms with Gasteiger partial charge in [0.2, 0.25) is 0 Å². The lowest BCUT2D eigenvalue weighted by atomic mass is 9.90. The summed E-state index contributed by atoms with van der Waals surface area (Å²) in [5.41, 5.74) is 0.419. The zero-order valence-electron chi connectivity index (χ0n) is 13.0. The highest BCUT2D eigenvalue weighted by Gasteiger charge is 2.43. The molecule has 2 saturated heterocycles. The Morgan fingerprint density at radius 1 is 1.09 bits per heavy atom. The van der Waals surface area contributed by atoms with Gasteiger partial charge in [0, 0.05) is 18.7 Å². The molecule has 0 spiro atoms. The molecular formula is C19H21NO3. The van der Waals surface area contributed by atoms with E-state index < -0.39 is 0 Å². The monoisotopic (exact) mass is 311 g/mol. The molecule has 0 aliphatic carbocycles. The summed E-state index contributed by atoms with van der Waals surface area (Å²) in [7, 11) is 0. The number of aromatic hydroxyl groups is 1. The van der Waals surface area contributed by atoms with E-state index in [-0.39, 0.29) is 30.3 Å². The lowest BCUT2D eigenvalue weighted by molar-refractivity contribution is 0.0452. The highest BCUT2D eigenvalue weighted by Crippen LogP contribution is 2.41. The van der Waals surface area contributed by atoms with Crippen LogP contribution < -0.4 is 0 Å². The second-order valence-electron chi connectivity index (χ2n) is 6.80. The number of aliphatic hydroxyl groups excluding tert-OH is 1. The van der Waals surface area contributed by atoms with Crippen molar-refractivity contribution in [1.82, 2.24) is 4.90 Å². The third kappa shape index (κ3) is 2.29. The molecule has 4 rings (SSSR count). The number of phenolic OH excluding ortho intramolecular Hbond substituents is 1. The van der Waals surface area contributed by atoms with Crippen LogP contribution in [0, 0.1) is 5.92 Å². The largest absolute Gasteiger partial charge is 0.507 e. The number of fused-ring (bicyclic) bond motifs is 3. The van der Waals surface area contributed by atoms with E-state index in [1.807, 2.05) is 35.2 Å². The molecule has 2 heterocycles. The molecule has 2 N–H and O–H groups in total. The molecule has 2 bridgehead atoms. The van der Waals surface area contributed by atoms with Crippen LogP contribution in [0.2, 0.25) is 0 Å². The van der Waals surface area contributed by atoms with Gasteiger partial charge in [-0.3, -0.25) is 4.79 Å². The predicted molar refractivity (Wildman–Crippen MR) is 88.4 cm³/mol. The fourth-order valence-electron chi connectivity index (χ4n) is 4.38. The van der Waals surface area contributed by atoms with Crippen molar-refractivity contribution in [3.8, 4) is 5.75 Å². The SMILES string of the molecule is O=C(c1c(O)ccc2ccccc12)N1C2CCC1CC(CO)C2. The lowest BCUT2D eigenvalue weighted by Gasteiger charge is -2.38. The standard InChI is InChI=1S/C19H21NO3/c21-11-12-9-14-6-7-15(10-12)20(14)19(23)18-16-4-2-1-3-13(16)5-8-17(18)22/h1-5,8,12,14-15,21-22H,6-7,9-11H2. The fraction of sp³-hybridized carbons (Fsp3) is 0.421. The van der Waals surface area contributed by atoms with Crippen molar-refractivity contribution in [2.75, 3.05) is 6.61 Å². The Morgan fingerprint density at radius 2 is 1.78 bits per heavy atom. The number of carbonyl (C=O) groups is 1. The number of benzene rings is 2. The number of hydrogen-bond donors (Lipinski definition) is 2. The Hall–Kier alpha value is -2.07. The molecule has 2 aromatic rings. The summed E-state index contributed by atoms with van der Waals surface area (Å²) in [5, 5.41) is 21.5. The molecule has 0 radical (unpaired) electrons. The smallest absolute Gasteiger partial charge is 0.258 e. The number of phenols is 1. The van der Waals surface area contributed by atoms with Gasteiger partial charge in [-0.15, -0.1) is 0 Å². The molecule has 2 aromatic carbocycles. The number of amides is 1. The Bertz CT molecular complexity index is 743. The van der Waals surface area contributed by atoms with E-state index in [4.69, 9.17) is 0 Å². The molecule has 0 aromatic heterocycles. The predicted octanol–water partition coefficient (Wildman–Crippen LogP) is 2.92. The summed E-state index contributed by atoms with van der Waals surface area (Å²) in [6, 6.07) is 11.5. The van der Waals surface area contributed by atoms with Crippen LogP contribution >= 0.6 is 0 Å². The van der Waals surface area contributed by atoms with Gasteiger partial charge in [0.05, 0.1) is 5.56 Å². The van der Waals surface area contributed by atoms with Gasteiger partial charge in [0.1, 0.15) is 5.75 Å². The van der Waals surface area contributed by atoms with E-state index in [2.05, 4.69) is 0 Å². The van der Waals surface area contributed by atoms with Crippen LogP contribution in [-0.4, -0.2) is 39.7 Å². The van der Waals surface area contributed by atoms with Crippen molar-refractivity contribution < 1.29 is 15.0 Å². The van der Waals surface area contributed by atoms with E-state index in [9.17, 15) is 15.0 Å². The lowest BCUT2D eigenvalue weighted by Crippen LogP contribution is -2.47. The maximum absolute atomic E-state index is 13.2. The summed E-state index contributed by atoms with van der Waals surface area (Å²) < 4.78 is 0. The van der Waals surface area contributed by atoms with Gasteiger partial charge in [-0.25, -0.2) is 0 Å². The molecule has 1 amide bonds. The van der Waals surface area contributed by atoms with Crippen LogP contribution in [0.25, 0.3) is 10.8 Å². The van der Waals surface area contributed by atoms with E-state index >= 15 is 0 Å². The Morgan fingerprint density at radius 3 is 2.48 bits per heavy atom. The number of nitrogens with zero attached hydrogens (tertiary/aromatic N) is 1. The quantitative estimate of drug-likeness (QED) is 0.896. The van der Waals surface area contributed by atoms with Gasteiger partial charge in [0.15, 0.2) is 0 Å². The van der Waals surface area contributed by atoms with Crippen molar-refractivity contribution in [3.05, 3.63) is 42.0 Å². The first-order valence-corrected chi connectivity index (χ1v) is 8.33. The molecule has 0 saturated carbocycles.